The molecule has 162 valence electrons. The van der Waals surface area contributed by atoms with E-state index in [1.807, 2.05) is 29.2 Å². The Morgan fingerprint density at radius 3 is 2.57 bits per heavy atom. The molecule has 0 radical (unpaired) electrons. The van der Waals surface area contributed by atoms with Crippen LogP contribution in [0.2, 0.25) is 0 Å². The number of ether oxygens (including phenoxy) is 1. The van der Waals surface area contributed by atoms with Gasteiger partial charge in [0.1, 0.15) is 15.8 Å². The van der Waals surface area contributed by atoms with Crippen molar-refractivity contribution in [2.24, 2.45) is 5.92 Å². The summed E-state index contributed by atoms with van der Waals surface area (Å²) in [5.74, 6) is 2.11. The monoisotopic (exact) mass is 428 g/mol. The molecule has 1 aromatic heterocycles. The number of urea groups is 1. The number of aromatic nitrogens is 2. The van der Waals surface area contributed by atoms with Gasteiger partial charge in [-0.1, -0.05) is 37.8 Å². The zero-order valence-corrected chi connectivity index (χ0v) is 18.6. The largest absolute Gasteiger partial charge is 0.497 e. The van der Waals surface area contributed by atoms with E-state index in [1.165, 1.54) is 41.3 Å². The van der Waals surface area contributed by atoms with Crippen molar-refractivity contribution >= 4 is 17.4 Å². The van der Waals surface area contributed by atoms with Crippen molar-refractivity contribution < 1.29 is 9.53 Å². The first kappa shape index (κ1) is 21.1. The Morgan fingerprint density at radius 2 is 1.87 bits per heavy atom. The van der Waals surface area contributed by atoms with Gasteiger partial charge in [-0.05, 0) is 42.9 Å². The first-order valence-corrected chi connectivity index (χ1v) is 12.0. The highest BCUT2D eigenvalue weighted by molar-refractivity contribution is 7.11. The summed E-state index contributed by atoms with van der Waals surface area (Å²) in [6.07, 6.45) is 9.32. The Hall–Kier alpha value is -2.15. The fourth-order valence-corrected chi connectivity index (χ4v) is 5.65. The molecule has 2 fully saturated rings. The smallest absolute Gasteiger partial charge is 0.317 e. The summed E-state index contributed by atoms with van der Waals surface area (Å²) >= 11 is 1.80. The van der Waals surface area contributed by atoms with E-state index in [0.717, 1.165) is 50.4 Å². The second-order valence-electron chi connectivity index (χ2n) is 8.48. The average Bonchev–Trinajstić information content (AvgIpc) is 3.47. The summed E-state index contributed by atoms with van der Waals surface area (Å²) in [6.45, 7) is 2.22. The molecule has 2 amide bonds. The van der Waals surface area contributed by atoms with Gasteiger partial charge in [0.05, 0.1) is 7.11 Å². The number of piperidine rings is 1. The maximum atomic E-state index is 12.5. The number of nitrogens with one attached hydrogen (secondary N) is 1. The van der Waals surface area contributed by atoms with E-state index < -0.39 is 0 Å². The van der Waals surface area contributed by atoms with E-state index >= 15 is 0 Å². The zero-order valence-electron chi connectivity index (χ0n) is 17.8. The van der Waals surface area contributed by atoms with Gasteiger partial charge in [0.25, 0.3) is 0 Å². The molecule has 30 heavy (non-hydrogen) atoms. The van der Waals surface area contributed by atoms with E-state index in [1.54, 1.807) is 18.4 Å². The lowest BCUT2D eigenvalue weighted by atomic mass is 9.98. The number of rotatable bonds is 7. The van der Waals surface area contributed by atoms with Crippen molar-refractivity contribution in [1.82, 2.24) is 20.4 Å². The molecule has 2 aliphatic rings. The van der Waals surface area contributed by atoms with Gasteiger partial charge in [-0.3, -0.25) is 0 Å². The first-order valence-electron chi connectivity index (χ1n) is 11.2. The Labute approximate surface area is 183 Å². The lowest BCUT2D eigenvalue weighted by Gasteiger charge is -2.31. The van der Waals surface area contributed by atoms with Crippen molar-refractivity contribution in [3.63, 3.8) is 0 Å². The van der Waals surface area contributed by atoms with E-state index in [0.29, 0.717) is 12.5 Å². The lowest BCUT2D eigenvalue weighted by Crippen LogP contribution is -2.44. The third-order valence-electron chi connectivity index (χ3n) is 6.40. The van der Waals surface area contributed by atoms with Gasteiger partial charge in [-0.2, -0.15) is 0 Å². The fraction of sp³-hybridized carbons (Fsp3) is 0.609. The molecule has 0 spiro atoms. The first-order chi connectivity index (χ1) is 14.7. The predicted molar refractivity (Wildman–Crippen MR) is 119 cm³/mol. The van der Waals surface area contributed by atoms with Crippen LogP contribution >= 0.6 is 11.3 Å². The molecule has 2 aromatic rings. The van der Waals surface area contributed by atoms with Crippen LogP contribution < -0.4 is 10.1 Å². The minimum absolute atomic E-state index is 0.0427. The van der Waals surface area contributed by atoms with E-state index in [9.17, 15) is 4.79 Å². The molecule has 0 bridgehead atoms. The number of hydrogen-bond acceptors (Lipinski definition) is 5. The third-order valence-corrected chi connectivity index (χ3v) is 7.51. The quantitative estimate of drug-likeness (QED) is 0.709. The normalized spacial score (nSPS) is 18.0. The van der Waals surface area contributed by atoms with Crippen molar-refractivity contribution in [2.75, 3.05) is 26.7 Å². The molecule has 1 saturated carbocycles. The van der Waals surface area contributed by atoms with Crippen LogP contribution in [-0.2, 0) is 12.8 Å². The second kappa shape index (κ2) is 10.2. The summed E-state index contributed by atoms with van der Waals surface area (Å²) in [6, 6.07) is 8.03. The summed E-state index contributed by atoms with van der Waals surface area (Å²) in [7, 11) is 1.67. The molecule has 0 atom stereocenters. The highest BCUT2D eigenvalue weighted by Gasteiger charge is 2.26. The van der Waals surface area contributed by atoms with E-state index in [-0.39, 0.29) is 6.03 Å². The van der Waals surface area contributed by atoms with Crippen molar-refractivity contribution in [2.45, 2.75) is 57.3 Å². The van der Waals surface area contributed by atoms with Crippen LogP contribution in [-0.4, -0.2) is 47.9 Å². The standard InChI is InChI=1S/C23H32N4O2S/c1-29-20-8-6-17(7-9-20)10-13-24-23(28)27-14-11-19(12-15-27)22-26-25-21(30-22)16-18-4-2-3-5-18/h6-9,18-19H,2-5,10-16H2,1H3,(H,24,28). The molecule has 7 heteroatoms. The van der Waals surface area contributed by atoms with Crippen molar-refractivity contribution in [3.05, 3.63) is 39.8 Å². The number of carbonyl (C=O) groups excluding carboxylic acids is 1. The number of carbonyl (C=O) groups is 1. The lowest BCUT2D eigenvalue weighted by molar-refractivity contribution is 0.181. The second-order valence-corrected chi connectivity index (χ2v) is 9.57. The van der Waals surface area contributed by atoms with Gasteiger partial charge in [0.2, 0.25) is 0 Å². The van der Waals surface area contributed by atoms with Crippen LogP contribution in [0, 0.1) is 5.92 Å². The third kappa shape index (κ3) is 5.50. The van der Waals surface area contributed by atoms with Crippen molar-refractivity contribution in [3.8, 4) is 5.75 Å². The van der Waals surface area contributed by atoms with Crippen LogP contribution in [0.1, 0.15) is 60.0 Å². The van der Waals surface area contributed by atoms with Gasteiger partial charge in [0, 0.05) is 32.0 Å². The summed E-state index contributed by atoms with van der Waals surface area (Å²) in [5.41, 5.74) is 1.19. The number of likely N-dealkylation sites (tertiary alicyclic amines) is 1. The fourth-order valence-electron chi connectivity index (χ4n) is 4.52. The van der Waals surface area contributed by atoms with Crippen molar-refractivity contribution in [1.29, 1.82) is 0 Å². The number of amides is 2. The Morgan fingerprint density at radius 1 is 1.13 bits per heavy atom. The molecule has 6 nitrogen and oxygen atoms in total. The molecule has 1 aromatic carbocycles. The summed E-state index contributed by atoms with van der Waals surface area (Å²) in [4.78, 5) is 14.4. The summed E-state index contributed by atoms with van der Waals surface area (Å²) < 4.78 is 5.18. The highest BCUT2D eigenvalue weighted by Crippen LogP contribution is 2.33. The van der Waals surface area contributed by atoms with Gasteiger partial charge in [-0.15, -0.1) is 21.5 Å². The van der Waals surface area contributed by atoms with Gasteiger partial charge in [-0.25, -0.2) is 4.79 Å². The Bertz CT molecular complexity index is 809. The molecule has 0 unspecified atom stereocenters. The number of benzene rings is 1. The molecule has 1 aliphatic heterocycles. The maximum Gasteiger partial charge on any atom is 0.317 e. The average molecular weight is 429 g/mol. The Balaban J connectivity index is 1.18. The summed E-state index contributed by atoms with van der Waals surface area (Å²) in [5, 5.41) is 14.4. The number of methoxy groups -OCH3 is 1. The molecule has 4 rings (SSSR count). The maximum absolute atomic E-state index is 12.5. The van der Waals surface area contributed by atoms with Gasteiger partial charge >= 0.3 is 6.03 Å². The molecule has 1 aliphatic carbocycles. The minimum Gasteiger partial charge on any atom is -0.497 e. The Kier molecular flexibility index (Phi) is 7.20. The predicted octanol–water partition coefficient (Wildman–Crippen LogP) is 4.41. The van der Waals surface area contributed by atoms with Crippen LogP contribution in [0.15, 0.2) is 24.3 Å². The minimum atomic E-state index is 0.0427. The molecular formula is C23H32N4O2S. The van der Waals surface area contributed by atoms with Gasteiger partial charge in [0.15, 0.2) is 0 Å². The van der Waals surface area contributed by atoms with E-state index in [2.05, 4.69) is 15.5 Å². The molecule has 1 saturated heterocycles. The molecular weight excluding hydrogens is 396 g/mol. The zero-order chi connectivity index (χ0) is 20.8. The van der Waals surface area contributed by atoms with E-state index in [4.69, 9.17) is 4.74 Å². The van der Waals surface area contributed by atoms with Crippen LogP contribution in [0.4, 0.5) is 4.79 Å². The highest BCUT2D eigenvalue weighted by atomic mass is 32.1. The number of hydrogen-bond donors (Lipinski definition) is 1. The van der Waals surface area contributed by atoms with Crippen LogP contribution in [0.3, 0.4) is 0 Å². The van der Waals surface area contributed by atoms with Gasteiger partial charge < -0.3 is 15.0 Å². The topological polar surface area (TPSA) is 67.3 Å². The van der Waals surface area contributed by atoms with Crippen LogP contribution in [0.5, 0.6) is 5.75 Å². The SMILES string of the molecule is COc1ccc(CCNC(=O)N2CCC(c3nnc(CC4CCCC4)s3)CC2)cc1. The molecule has 2 heterocycles. The number of nitrogens with zero attached hydrogens (tertiary/aromatic N) is 3. The van der Waals surface area contributed by atoms with Crippen LogP contribution in [0.25, 0.3) is 0 Å². The molecule has 1 N–H and O–H groups in total.